The standard InChI is InChI=1S/C15H19ClN4O2S/c1-3-18-15(20(2)9-11-5-7-13(16)23-11)19-8-10-4-6-12(22-10)14(17)21/h4-7H,3,8-9H2,1-2H3,(H2,17,21)(H,18,19). The summed E-state index contributed by atoms with van der Waals surface area (Å²) in [4.78, 5) is 18.7. The van der Waals surface area contributed by atoms with Crippen molar-refractivity contribution in [3.05, 3.63) is 45.0 Å². The summed E-state index contributed by atoms with van der Waals surface area (Å²) in [6.07, 6.45) is 0. The molecule has 3 N–H and O–H groups in total. The van der Waals surface area contributed by atoms with Gasteiger partial charge in [-0.1, -0.05) is 11.6 Å². The highest BCUT2D eigenvalue weighted by Gasteiger charge is 2.10. The van der Waals surface area contributed by atoms with Gasteiger partial charge in [-0.3, -0.25) is 4.79 Å². The molecular weight excluding hydrogens is 336 g/mol. The highest BCUT2D eigenvalue weighted by Crippen LogP contribution is 2.22. The van der Waals surface area contributed by atoms with Crippen molar-refractivity contribution >= 4 is 34.8 Å². The Kier molecular flexibility index (Phi) is 6.06. The summed E-state index contributed by atoms with van der Waals surface area (Å²) in [6, 6.07) is 7.13. The molecule has 0 saturated heterocycles. The lowest BCUT2D eigenvalue weighted by Gasteiger charge is -2.21. The number of rotatable bonds is 6. The third kappa shape index (κ3) is 5.01. The molecule has 6 nitrogen and oxygen atoms in total. The summed E-state index contributed by atoms with van der Waals surface area (Å²) >= 11 is 7.50. The number of nitrogens with zero attached hydrogens (tertiary/aromatic N) is 2. The van der Waals surface area contributed by atoms with Gasteiger partial charge in [-0.15, -0.1) is 11.3 Å². The summed E-state index contributed by atoms with van der Waals surface area (Å²) < 4.78 is 6.10. The van der Waals surface area contributed by atoms with Crippen molar-refractivity contribution < 1.29 is 9.21 Å². The number of nitrogens with two attached hydrogens (primary N) is 1. The van der Waals surface area contributed by atoms with Crippen LogP contribution < -0.4 is 11.1 Å². The quantitative estimate of drug-likeness (QED) is 0.617. The van der Waals surface area contributed by atoms with Gasteiger partial charge in [0.1, 0.15) is 12.3 Å². The first-order chi connectivity index (χ1) is 11.0. The maximum absolute atomic E-state index is 11.0. The first-order valence-corrected chi connectivity index (χ1v) is 8.31. The van der Waals surface area contributed by atoms with Gasteiger partial charge >= 0.3 is 0 Å². The van der Waals surface area contributed by atoms with Crippen molar-refractivity contribution in [1.82, 2.24) is 10.2 Å². The highest BCUT2D eigenvalue weighted by atomic mass is 35.5. The van der Waals surface area contributed by atoms with Crippen LogP contribution in [0.2, 0.25) is 4.34 Å². The predicted molar refractivity (Wildman–Crippen MR) is 92.8 cm³/mol. The van der Waals surface area contributed by atoms with Crippen LogP contribution in [0.3, 0.4) is 0 Å². The molecule has 0 spiro atoms. The lowest BCUT2D eigenvalue weighted by molar-refractivity contribution is 0.0972. The number of nitrogens with one attached hydrogen (secondary N) is 1. The van der Waals surface area contributed by atoms with E-state index in [0.29, 0.717) is 18.8 Å². The minimum Gasteiger partial charge on any atom is -0.454 e. The Hall–Kier alpha value is -1.99. The second-order valence-electron chi connectivity index (χ2n) is 4.86. The Bertz CT molecular complexity index is 695. The molecule has 1 amide bonds. The molecule has 2 heterocycles. The van der Waals surface area contributed by atoms with Crippen molar-refractivity contribution in [2.75, 3.05) is 13.6 Å². The average molecular weight is 355 g/mol. The molecule has 0 unspecified atom stereocenters. The number of furan rings is 1. The van der Waals surface area contributed by atoms with Crippen molar-refractivity contribution in [3.8, 4) is 0 Å². The van der Waals surface area contributed by atoms with E-state index in [-0.39, 0.29) is 5.76 Å². The van der Waals surface area contributed by atoms with Crippen molar-refractivity contribution in [3.63, 3.8) is 0 Å². The fraction of sp³-hybridized carbons (Fsp3) is 0.333. The van der Waals surface area contributed by atoms with Crippen LogP contribution in [0.15, 0.2) is 33.7 Å². The molecule has 124 valence electrons. The normalized spacial score (nSPS) is 11.5. The number of thiophene rings is 1. The van der Waals surface area contributed by atoms with Crippen LogP contribution in [0.1, 0.15) is 28.1 Å². The van der Waals surface area contributed by atoms with Crippen LogP contribution in [0.25, 0.3) is 0 Å². The molecule has 2 aromatic heterocycles. The molecule has 0 fully saturated rings. The number of hydrogen-bond acceptors (Lipinski definition) is 4. The van der Waals surface area contributed by atoms with E-state index in [1.54, 1.807) is 23.5 Å². The van der Waals surface area contributed by atoms with E-state index in [9.17, 15) is 4.79 Å². The number of amides is 1. The van der Waals surface area contributed by atoms with E-state index in [1.807, 2.05) is 31.0 Å². The Labute approximate surface area is 143 Å². The van der Waals surface area contributed by atoms with Gasteiger partial charge in [0.2, 0.25) is 0 Å². The number of primary amides is 1. The van der Waals surface area contributed by atoms with Crippen LogP contribution in [-0.4, -0.2) is 30.4 Å². The minimum atomic E-state index is -0.584. The summed E-state index contributed by atoms with van der Waals surface area (Å²) in [5.74, 6) is 0.886. The number of carbonyl (C=O) groups excluding carboxylic acids is 1. The number of guanidine groups is 1. The topological polar surface area (TPSA) is 83.9 Å². The average Bonchev–Trinajstić information content (AvgIpc) is 3.12. The molecule has 0 atom stereocenters. The van der Waals surface area contributed by atoms with E-state index in [0.717, 1.165) is 21.7 Å². The molecule has 23 heavy (non-hydrogen) atoms. The molecule has 0 saturated carbocycles. The molecule has 0 aliphatic rings. The molecule has 2 rings (SSSR count). The van der Waals surface area contributed by atoms with Gasteiger partial charge in [0.25, 0.3) is 5.91 Å². The van der Waals surface area contributed by atoms with Gasteiger partial charge in [-0.2, -0.15) is 0 Å². The fourth-order valence-electron chi connectivity index (χ4n) is 1.96. The molecule has 2 aromatic rings. The van der Waals surface area contributed by atoms with Crippen LogP contribution in [0.4, 0.5) is 0 Å². The predicted octanol–water partition coefficient (Wildman–Crippen LogP) is 2.69. The van der Waals surface area contributed by atoms with Gasteiger partial charge in [0.15, 0.2) is 11.7 Å². The van der Waals surface area contributed by atoms with Gasteiger partial charge < -0.3 is 20.4 Å². The Morgan fingerprint density at radius 2 is 2.22 bits per heavy atom. The molecule has 0 radical (unpaired) electrons. The van der Waals surface area contributed by atoms with Crippen LogP contribution >= 0.6 is 22.9 Å². The zero-order chi connectivity index (χ0) is 16.8. The first-order valence-electron chi connectivity index (χ1n) is 7.11. The zero-order valence-electron chi connectivity index (χ0n) is 13.0. The second kappa shape index (κ2) is 8.03. The van der Waals surface area contributed by atoms with Crippen LogP contribution in [-0.2, 0) is 13.1 Å². The minimum absolute atomic E-state index is 0.141. The molecule has 8 heteroatoms. The molecular formula is C15H19ClN4O2S. The van der Waals surface area contributed by atoms with Gasteiger partial charge in [-0.25, -0.2) is 4.99 Å². The number of hydrogen-bond donors (Lipinski definition) is 2. The Balaban J connectivity index is 2.04. The Morgan fingerprint density at radius 1 is 1.43 bits per heavy atom. The van der Waals surface area contributed by atoms with Crippen molar-refractivity contribution in [2.45, 2.75) is 20.0 Å². The molecule has 0 bridgehead atoms. The number of aliphatic imine (C=N–C) groups is 1. The summed E-state index contributed by atoms with van der Waals surface area (Å²) in [7, 11) is 1.95. The van der Waals surface area contributed by atoms with Crippen LogP contribution in [0, 0.1) is 0 Å². The van der Waals surface area contributed by atoms with Gasteiger partial charge in [0.05, 0.1) is 10.9 Å². The zero-order valence-corrected chi connectivity index (χ0v) is 14.6. The third-order valence-corrected chi connectivity index (χ3v) is 4.22. The lowest BCUT2D eigenvalue weighted by atomic mass is 10.4. The highest BCUT2D eigenvalue weighted by molar-refractivity contribution is 7.16. The second-order valence-corrected chi connectivity index (χ2v) is 6.66. The summed E-state index contributed by atoms with van der Waals surface area (Å²) in [5.41, 5.74) is 5.17. The number of carbonyl (C=O) groups is 1. The van der Waals surface area contributed by atoms with E-state index < -0.39 is 5.91 Å². The summed E-state index contributed by atoms with van der Waals surface area (Å²) in [5, 5.41) is 3.22. The molecule has 0 aliphatic heterocycles. The monoisotopic (exact) mass is 354 g/mol. The fourth-order valence-corrected chi connectivity index (χ4v) is 3.10. The maximum Gasteiger partial charge on any atom is 0.284 e. The largest absolute Gasteiger partial charge is 0.454 e. The van der Waals surface area contributed by atoms with Gasteiger partial charge in [0, 0.05) is 18.5 Å². The van der Waals surface area contributed by atoms with E-state index >= 15 is 0 Å². The van der Waals surface area contributed by atoms with Gasteiger partial charge in [-0.05, 0) is 31.2 Å². The van der Waals surface area contributed by atoms with E-state index in [2.05, 4.69) is 10.3 Å². The number of halogens is 1. The first kappa shape index (κ1) is 17.4. The molecule has 0 aliphatic carbocycles. The lowest BCUT2D eigenvalue weighted by Crippen LogP contribution is -2.38. The maximum atomic E-state index is 11.0. The van der Waals surface area contributed by atoms with Crippen molar-refractivity contribution in [1.29, 1.82) is 0 Å². The van der Waals surface area contributed by atoms with Crippen LogP contribution in [0.5, 0.6) is 0 Å². The SMILES string of the molecule is CCNC(=NCc1ccc(C(N)=O)o1)N(C)Cc1ccc(Cl)s1. The Morgan fingerprint density at radius 3 is 2.78 bits per heavy atom. The van der Waals surface area contributed by atoms with E-state index in [4.69, 9.17) is 21.8 Å². The summed E-state index contributed by atoms with van der Waals surface area (Å²) in [6.45, 7) is 3.78. The molecule has 0 aromatic carbocycles. The van der Waals surface area contributed by atoms with E-state index in [1.165, 1.54) is 0 Å². The smallest absolute Gasteiger partial charge is 0.284 e. The van der Waals surface area contributed by atoms with Crippen molar-refractivity contribution in [2.24, 2.45) is 10.7 Å². The third-order valence-electron chi connectivity index (χ3n) is 3.01.